The molecule has 2 amide bonds. The number of aromatic nitrogens is 4. The molecule has 0 bridgehead atoms. The Morgan fingerprint density at radius 2 is 1.65 bits per heavy atom. The number of methoxy groups -OCH3 is 3. The summed E-state index contributed by atoms with van der Waals surface area (Å²) in [7, 11) is 4.41. The average molecular weight is 537 g/mol. The zero-order chi connectivity index (χ0) is 24.8. The Kier molecular flexibility index (Phi) is 8.10. The minimum absolute atomic E-state index is 0.150. The van der Waals surface area contributed by atoms with Gasteiger partial charge in [0.05, 0.1) is 37.2 Å². The maximum atomic E-state index is 12.5. The van der Waals surface area contributed by atoms with E-state index in [1.807, 2.05) is 13.8 Å². The lowest BCUT2D eigenvalue weighted by molar-refractivity contribution is 0.0898. The Hall–Kier alpha value is -3.61. The molecule has 0 spiro atoms. The van der Waals surface area contributed by atoms with E-state index < -0.39 is 5.91 Å². The van der Waals surface area contributed by atoms with E-state index in [1.54, 1.807) is 4.68 Å². The first-order chi connectivity index (χ1) is 16.3. The standard InChI is InChI=1S/C21H25BrN6O6/c1-11-17(22)12(2)28(26-11)10-16-25-21(34-27-16)20(30)24-7-6-23-19(29)13-8-14(31-3)18(33-5)15(9-13)32-4/h8-9H,6-7,10H2,1-5H3,(H,23,29)(H,24,30). The molecule has 0 saturated heterocycles. The zero-order valence-electron chi connectivity index (χ0n) is 19.4. The van der Waals surface area contributed by atoms with Crippen LogP contribution in [0.25, 0.3) is 0 Å². The van der Waals surface area contributed by atoms with Crippen LogP contribution in [0.2, 0.25) is 0 Å². The number of benzene rings is 1. The quantitative estimate of drug-likeness (QED) is 0.371. The summed E-state index contributed by atoms with van der Waals surface area (Å²) in [5.41, 5.74) is 2.07. The minimum Gasteiger partial charge on any atom is -0.493 e. The van der Waals surface area contributed by atoms with Crippen LogP contribution in [0.3, 0.4) is 0 Å². The minimum atomic E-state index is -0.546. The lowest BCUT2D eigenvalue weighted by Gasteiger charge is -2.14. The molecule has 0 aliphatic rings. The van der Waals surface area contributed by atoms with Crippen LogP contribution in [0.5, 0.6) is 17.2 Å². The monoisotopic (exact) mass is 536 g/mol. The molecule has 0 saturated carbocycles. The molecule has 3 aromatic rings. The smallest absolute Gasteiger partial charge is 0.316 e. The predicted molar refractivity (Wildman–Crippen MR) is 124 cm³/mol. The number of carbonyl (C=O) groups is 2. The summed E-state index contributed by atoms with van der Waals surface area (Å²) >= 11 is 3.46. The summed E-state index contributed by atoms with van der Waals surface area (Å²) in [4.78, 5) is 28.9. The van der Waals surface area contributed by atoms with Crippen LogP contribution in [0.15, 0.2) is 21.1 Å². The largest absolute Gasteiger partial charge is 0.493 e. The lowest BCUT2D eigenvalue weighted by atomic mass is 10.1. The highest BCUT2D eigenvalue weighted by Crippen LogP contribution is 2.38. The van der Waals surface area contributed by atoms with Gasteiger partial charge >= 0.3 is 11.8 Å². The topological polar surface area (TPSA) is 143 Å². The van der Waals surface area contributed by atoms with Gasteiger partial charge in [0, 0.05) is 18.7 Å². The van der Waals surface area contributed by atoms with E-state index in [4.69, 9.17) is 18.7 Å². The van der Waals surface area contributed by atoms with Crippen molar-refractivity contribution in [3.05, 3.63) is 45.3 Å². The molecule has 1 aromatic carbocycles. The molecule has 2 aromatic heterocycles. The summed E-state index contributed by atoms with van der Waals surface area (Å²) < 4.78 is 23.4. The number of nitrogens with zero attached hydrogens (tertiary/aromatic N) is 4. The van der Waals surface area contributed by atoms with Gasteiger partial charge in [-0.2, -0.15) is 10.1 Å². The first-order valence-electron chi connectivity index (χ1n) is 10.2. The molecule has 0 radical (unpaired) electrons. The molecule has 0 aliphatic carbocycles. The average Bonchev–Trinajstić information content (AvgIpc) is 3.40. The summed E-state index contributed by atoms with van der Waals surface area (Å²) in [5, 5.41) is 13.5. The third-order valence-electron chi connectivity index (χ3n) is 4.87. The van der Waals surface area contributed by atoms with Crippen molar-refractivity contribution < 1.29 is 28.3 Å². The number of halogens is 1. The summed E-state index contributed by atoms with van der Waals surface area (Å²) in [5.74, 6) is 0.337. The molecule has 0 aliphatic heterocycles. The van der Waals surface area contributed by atoms with Crippen molar-refractivity contribution in [2.24, 2.45) is 0 Å². The van der Waals surface area contributed by atoms with E-state index in [-0.39, 0.29) is 31.4 Å². The number of hydrogen-bond acceptors (Lipinski definition) is 9. The number of ether oxygens (including phenoxy) is 3. The van der Waals surface area contributed by atoms with Crippen molar-refractivity contribution in [1.29, 1.82) is 0 Å². The van der Waals surface area contributed by atoms with Crippen LogP contribution in [0, 0.1) is 13.8 Å². The summed E-state index contributed by atoms with van der Waals surface area (Å²) in [6.07, 6.45) is 0. The number of aryl methyl sites for hydroxylation is 1. The molecule has 0 fully saturated rings. The molecule has 2 N–H and O–H groups in total. The van der Waals surface area contributed by atoms with Crippen LogP contribution < -0.4 is 24.8 Å². The molecule has 182 valence electrons. The van der Waals surface area contributed by atoms with Crippen molar-refractivity contribution in [2.45, 2.75) is 20.4 Å². The van der Waals surface area contributed by atoms with Crippen molar-refractivity contribution in [3.8, 4) is 17.2 Å². The number of carbonyl (C=O) groups excluding carboxylic acids is 2. The number of amides is 2. The predicted octanol–water partition coefficient (Wildman–Crippen LogP) is 1.88. The number of nitrogens with one attached hydrogen (secondary N) is 2. The fourth-order valence-electron chi connectivity index (χ4n) is 3.12. The van der Waals surface area contributed by atoms with Gasteiger partial charge in [-0.25, -0.2) is 0 Å². The Morgan fingerprint density at radius 1 is 1.03 bits per heavy atom. The normalized spacial score (nSPS) is 10.6. The van der Waals surface area contributed by atoms with Gasteiger partial charge in [0.2, 0.25) is 5.75 Å². The second-order valence-corrected chi connectivity index (χ2v) is 7.88. The molecule has 12 nitrogen and oxygen atoms in total. The second-order valence-electron chi connectivity index (χ2n) is 7.08. The van der Waals surface area contributed by atoms with Gasteiger partial charge in [-0.15, -0.1) is 0 Å². The summed E-state index contributed by atoms with van der Waals surface area (Å²) in [6.45, 7) is 4.37. The molecule has 0 atom stereocenters. The van der Waals surface area contributed by atoms with E-state index >= 15 is 0 Å². The van der Waals surface area contributed by atoms with Crippen LogP contribution >= 0.6 is 15.9 Å². The van der Waals surface area contributed by atoms with Crippen LogP contribution in [-0.2, 0) is 6.54 Å². The highest BCUT2D eigenvalue weighted by Gasteiger charge is 2.18. The fraction of sp³-hybridized carbons (Fsp3) is 0.381. The van der Waals surface area contributed by atoms with Crippen molar-refractivity contribution in [1.82, 2.24) is 30.6 Å². The van der Waals surface area contributed by atoms with Crippen LogP contribution in [0.4, 0.5) is 0 Å². The van der Waals surface area contributed by atoms with E-state index in [0.29, 0.717) is 28.6 Å². The SMILES string of the molecule is COc1cc(C(=O)NCCNC(=O)c2nc(Cn3nc(C)c(Br)c3C)no2)cc(OC)c1OC. The second kappa shape index (κ2) is 11.0. The van der Waals surface area contributed by atoms with E-state index in [2.05, 4.69) is 41.8 Å². The Balaban J connectivity index is 1.52. The molecular weight excluding hydrogens is 512 g/mol. The van der Waals surface area contributed by atoms with E-state index in [9.17, 15) is 9.59 Å². The van der Waals surface area contributed by atoms with Gasteiger partial charge in [-0.3, -0.25) is 14.3 Å². The highest BCUT2D eigenvalue weighted by molar-refractivity contribution is 9.10. The zero-order valence-corrected chi connectivity index (χ0v) is 21.0. The Labute approximate surface area is 204 Å². The van der Waals surface area contributed by atoms with Gasteiger partial charge in [0.1, 0.15) is 6.54 Å². The lowest BCUT2D eigenvalue weighted by Crippen LogP contribution is -2.34. The van der Waals surface area contributed by atoms with Gasteiger partial charge in [-0.05, 0) is 41.9 Å². The maximum absolute atomic E-state index is 12.5. The van der Waals surface area contributed by atoms with Gasteiger partial charge in [0.15, 0.2) is 17.3 Å². The van der Waals surface area contributed by atoms with Gasteiger partial charge in [0.25, 0.3) is 5.91 Å². The number of hydrogen-bond donors (Lipinski definition) is 2. The summed E-state index contributed by atoms with van der Waals surface area (Å²) in [6, 6.07) is 3.08. The van der Waals surface area contributed by atoms with E-state index in [0.717, 1.165) is 15.9 Å². The Morgan fingerprint density at radius 3 is 2.18 bits per heavy atom. The molecule has 13 heteroatoms. The Bertz CT molecular complexity index is 1170. The van der Waals surface area contributed by atoms with Crippen molar-refractivity contribution >= 4 is 27.7 Å². The highest BCUT2D eigenvalue weighted by atomic mass is 79.9. The molecule has 2 heterocycles. The molecular formula is C21H25BrN6O6. The number of rotatable bonds is 10. The van der Waals surface area contributed by atoms with Crippen LogP contribution in [-0.4, -0.2) is 66.2 Å². The molecule has 34 heavy (non-hydrogen) atoms. The van der Waals surface area contributed by atoms with Crippen LogP contribution in [0.1, 0.15) is 38.3 Å². The van der Waals surface area contributed by atoms with E-state index in [1.165, 1.54) is 33.5 Å². The van der Waals surface area contributed by atoms with Crippen molar-refractivity contribution in [3.63, 3.8) is 0 Å². The fourth-order valence-corrected chi connectivity index (χ4v) is 3.40. The molecule has 3 rings (SSSR count). The molecule has 0 unspecified atom stereocenters. The maximum Gasteiger partial charge on any atom is 0.316 e. The third kappa shape index (κ3) is 5.47. The van der Waals surface area contributed by atoms with Gasteiger partial charge < -0.3 is 29.4 Å². The first kappa shape index (κ1) is 25.0. The van der Waals surface area contributed by atoms with Crippen molar-refractivity contribution in [2.75, 3.05) is 34.4 Å². The first-order valence-corrected chi connectivity index (χ1v) is 11.0. The third-order valence-corrected chi connectivity index (χ3v) is 6.02. The van der Waals surface area contributed by atoms with Gasteiger partial charge in [-0.1, -0.05) is 5.16 Å².